The lowest BCUT2D eigenvalue weighted by Gasteiger charge is -2.14. The molecule has 0 aliphatic heterocycles. The average Bonchev–Trinajstić information content (AvgIpc) is 2.42. The lowest BCUT2D eigenvalue weighted by molar-refractivity contribution is -0.131. The zero-order valence-electron chi connectivity index (χ0n) is 10.8. The van der Waals surface area contributed by atoms with E-state index in [0.717, 1.165) is 6.08 Å². The first kappa shape index (κ1) is 14.8. The molecule has 1 aromatic carbocycles. The summed E-state index contributed by atoms with van der Waals surface area (Å²) in [5.41, 5.74) is 0.945. The summed E-state index contributed by atoms with van der Waals surface area (Å²) in [6, 6.07) is 5.05. The second-order valence-electron chi connectivity index (χ2n) is 3.61. The summed E-state index contributed by atoms with van der Waals surface area (Å²) >= 11 is 0. The SMILES string of the molecule is COc1ccc(C(=CC(=O)O)NCCO)c(OC)c1. The number of rotatable bonds is 7. The molecule has 0 amide bonds. The molecule has 0 bridgehead atoms. The van der Waals surface area contributed by atoms with Gasteiger partial charge in [0, 0.05) is 24.3 Å². The fourth-order valence-corrected chi connectivity index (χ4v) is 1.56. The van der Waals surface area contributed by atoms with E-state index in [1.54, 1.807) is 18.2 Å². The molecule has 0 fully saturated rings. The highest BCUT2D eigenvalue weighted by Crippen LogP contribution is 2.28. The van der Waals surface area contributed by atoms with Crippen LogP contribution in [-0.4, -0.2) is 43.6 Å². The first-order valence-corrected chi connectivity index (χ1v) is 5.64. The van der Waals surface area contributed by atoms with Gasteiger partial charge in [-0.05, 0) is 12.1 Å². The van der Waals surface area contributed by atoms with E-state index < -0.39 is 5.97 Å². The molecule has 104 valence electrons. The number of hydrogen-bond acceptors (Lipinski definition) is 5. The van der Waals surface area contributed by atoms with Gasteiger partial charge in [-0.25, -0.2) is 4.79 Å². The van der Waals surface area contributed by atoms with Gasteiger partial charge < -0.3 is 25.0 Å². The number of carboxylic acids is 1. The highest BCUT2D eigenvalue weighted by molar-refractivity contribution is 5.90. The number of benzene rings is 1. The first-order valence-electron chi connectivity index (χ1n) is 5.64. The Morgan fingerprint density at radius 2 is 2.11 bits per heavy atom. The fourth-order valence-electron chi connectivity index (χ4n) is 1.56. The lowest BCUT2D eigenvalue weighted by Crippen LogP contribution is -2.18. The van der Waals surface area contributed by atoms with Crippen LogP contribution in [0, 0.1) is 0 Å². The Bertz CT molecular complexity index is 470. The molecule has 0 unspecified atom stereocenters. The summed E-state index contributed by atoms with van der Waals surface area (Å²) in [6.45, 7) is 0.143. The van der Waals surface area contributed by atoms with Crippen LogP contribution in [0.15, 0.2) is 24.3 Å². The van der Waals surface area contributed by atoms with E-state index in [1.165, 1.54) is 14.2 Å². The molecule has 0 saturated carbocycles. The van der Waals surface area contributed by atoms with Crippen molar-refractivity contribution in [3.63, 3.8) is 0 Å². The van der Waals surface area contributed by atoms with Crippen LogP contribution in [0.1, 0.15) is 5.56 Å². The van der Waals surface area contributed by atoms with Gasteiger partial charge in [-0.3, -0.25) is 0 Å². The Balaban J connectivity index is 3.17. The Hall–Kier alpha value is -2.21. The molecular formula is C13H17NO5. The molecule has 0 spiro atoms. The maximum Gasteiger partial charge on any atom is 0.330 e. The van der Waals surface area contributed by atoms with Gasteiger partial charge in [0.15, 0.2) is 0 Å². The van der Waals surface area contributed by atoms with Gasteiger partial charge in [-0.2, -0.15) is 0 Å². The van der Waals surface area contributed by atoms with Crippen molar-refractivity contribution in [2.45, 2.75) is 0 Å². The van der Waals surface area contributed by atoms with Crippen LogP contribution < -0.4 is 14.8 Å². The van der Waals surface area contributed by atoms with E-state index in [-0.39, 0.29) is 13.2 Å². The maximum absolute atomic E-state index is 10.8. The Morgan fingerprint density at radius 1 is 1.37 bits per heavy atom. The summed E-state index contributed by atoms with van der Waals surface area (Å²) in [7, 11) is 3.02. The molecule has 1 rings (SSSR count). The third-order valence-electron chi connectivity index (χ3n) is 2.39. The topological polar surface area (TPSA) is 88.0 Å². The quantitative estimate of drug-likeness (QED) is 0.631. The van der Waals surface area contributed by atoms with Gasteiger partial charge in [0.2, 0.25) is 0 Å². The molecule has 0 aromatic heterocycles. The third kappa shape index (κ3) is 4.18. The van der Waals surface area contributed by atoms with E-state index in [4.69, 9.17) is 19.7 Å². The Morgan fingerprint density at radius 3 is 2.63 bits per heavy atom. The zero-order chi connectivity index (χ0) is 14.3. The maximum atomic E-state index is 10.8. The average molecular weight is 267 g/mol. The minimum Gasteiger partial charge on any atom is -0.497 e. The number of methoxy groups -OCH3 is 2. The van der Waals surface area contributed by atoms with Crippen LogP contribution in [0.5, 0.6) is 11.5 Å². The Kier molecular flexibility index (Phi) is 5.69. The van der Waals surface area contributed by atoms with Crippen molar-refractivity contribution < 1.29 is 24.5 Å². The number of nitrogens with one attached hydrogen (secondary N) is 1. The monoisotopic (exact) mass is 267 g/mol. The number of carboxylic acid groups (broad SMARTS) is 1. The van der Waals surface area contributed by atoms with Gasteiger partial charge in [0.05, 0.1) is 26.5 Å². The van der Waals surface area contributed by atoms with Gasteiger partial charge in [0.25, 0.3) is 0 Å². The van der Waals surface area contributed by atoms with Gasteiger partial charge in [-0.15, -0.1) is 0 Å². The minimum absolute atomic E-state index is 0.102. The fraction of sp³-hybridized carbons (Fsp3) is 0.308. The van der Waals surface area contributed by atoms with E-state index in [0.29, 0.717) is 22.8 Å². The minimum atomic E-state index is -1.08. The second kappa shape index (κ2) is 7.27. The van der Waals surface area contributed by atoms with Crippen molar-refractivity contribution in [2.24, 2.45) is 0 Å². The molecule has 19 heavy (non-hydrogen) atoms. The van der Waals surface area contributed by atoms with Crippen LogP contribution in [0.2, 0.25) is 0 Å². The molecule has 0 atom stereocenters. The van der Waals surface area contributed by atoms with E-state index in [2.05, 4.69) is 5.32 Å². The molecule has 6 nitrogen and oxygen atoms in total. The van der Waals surface area contributed by atoms with Gasteiger partial charge in [-0.1, -0.05) is 0 Å². The molecule has 0 saturated heterocycles. The van der Waals surface area contributed by atoms with Crippen LogP contribution >= 0.6 is 0 Å². The molecule has 0 radical (unpaired) electrons. The van der Waals surface area contributed by atoms with E-state index >= 15 is 0 Å². The third-order valence-corrected chi connectivity index (χ3v) is 2.39. The van der Waals surface area contributed by atoms with Crippen molar-refractivity contribution in [2.75, 3.05) is 27.4 Å². The molecule has 1 aromatic rings. The number of hydrogen-bond donors (Lipinski definition) is 3. The molecule has 6 heteroatoms. The molecular weight excluding hydrogens is 250 g/mol. The van der Waals surface area contributed by atoms with Gasteiger partial charge >= 0.3 is 5.97 Å². The molecule has 0 heterocycles. The second-order valence-corrected chi connectivity index (χ2v) is 3.61. The van der Waals surface area contributed by atoms with E-state index in [1.807, 2.05) is 0 Å². The van der Waals surface area contributed by atoms with Crippen LogP contribution in [0.25, 0.3) is 5.70 Å². The number of ether oxygens (including phenoxy) is 2. The molecule has 0 aliphatic rings. The van der Waals surface area contributed by atoms with Crippen molar-refractivity contribution in [3.05, 3.63) is 29.8 Å². The van der Waals surface area contributed by atoms with Crippen molar-refractivity contribution in [3.8, 4) is 11.5 Å². The summed E-state index contributed by atoms with van der Waals surface area (Å²) in [5.74, 6) is 0.00744. The smallest absolute Gasteiger partial charge is 0.330 e. The zero-order valence-corrected chi connectivity index (χ0v) is 10.8. The van der Waals surface area contributed by atoms with Crippen LogP contribution in [0.3, 0.4) is 0 Å². The summed E-state index contributed by atoms with van der Waals surface area (Å²) in [4.78, 5) is 10.8. The van der Waals surface area contributed by atoms with Crippen molar-refractivity contribution in [1.82, 2.24) is 5.32 Å². The normalized spacial score (nSPS) is 11.0. The highest BCUT2D eigenvalue weighted by atomic mass is 16.5. The van der Waals surface area contributed by atoms with Crippen LogP contribution in [-0.2, 0) is 4.79 Å². The molecule has 3 N–H and O–H groups in total. The van der Waals surface area contributed by atoms with Crippen molar-refractivity contribution in [1.29, 1.82) is 0 Å². The van der Waals surface area contributed by atoms with Gasteiger partial charge in [0.1, 0.15) is 11.5 Å². The van der Waals surface area contributed by atoms with Crippen molar-refractivity contribution >= 4 is 11.7 Å². The predicted octanol–water partition coefficient (Wildman–Crippen LogP) is 0.711. The lowest BCUT2D eigenvalue weighted by atomic mass is 10.1. The number of carbonyl (C=O) groups is 1. The number of aliphatic carboxylic acids is 1. The summed E-state index contributed by atoms with van der Waals surface area (Å²) in [6.07, 6.45) is 1.03. The number of aliphatic hydroxyl groups excluding tert-OH is 1. The molecule has 0 aliphatic carbocycles. The van der Waals surface area contributed by atoms with Crippen LogP contribution in [0.4, 0.5) is 0 Å². The highest BCUT2D eigenvalue weighted by Gasteiger charge is 2.11. The standard InChI is InChI=1S/C13H17NO5/c1-18-9-3-4-10(12(7-9)19-2)11(8-13(16)17)14-5-6-15/h3-4,7-8,14-15H,5-6H2,1-2H3,(H,16,17). The summed E-state index contributed by atoms with van der Waals surface area (Å²) < 4.78 is 10.3. The summed E-state index contributed by atoms with van der Waals surface area (Å²) in [5, 5.41) is 20.5. The van der Waals surface area contributed by atoms with E-state index in [9.17, 15) is 4.79 Å². The predicted molar refractivity (Wildman–Crippen MR) is 70.2 cm³/mol. The largest absolute Gasteiger partial charge is 0.497 e. The Labute approximate surface area is 111 Å². The first-order chi connectivity index (χ1) is 9.12. The number of aliphatic hydroxyl groups is 1.